The van der Waals surface area contributed by atoms with Gasteiger partial charge in [-0.05, 0) is 46.1 Å². The Labute approximate surface area is 132 Å². The average Bonchev–Trinajstić information content (AvgIpc) is 2.75. The van der Waals surface area contributed by atoms with Crippen LogP contribution in [-0.4, -0.2) is 0 Å². The maximum atomic E-state index is 6.22. The Morgan fingerprint density at radius 3 is 2.61 bits per heavy atom. The minimum atomic E-state index is 0.0694. The second-order valence-corrected chi connectivity index (χ2v) is 7.01. The Morgan fingerprint density at radius 2 is 2.06 bits per heavy atom. The number of halogens is 3. The molecule has 0 spiro atoms. The van der Waals surface area contributed by atoms with Crippen LogP contribution in [0.15, 0.2) is 38.6 Å². The lowest BCUT2D eigenvalue weighted by atomic mass is 10.1. The Balaban J connectivity index is 2.20. The van der Waals surface area contributed by atoms with Crippen molar-refractivity contribution in [1.82, 2.24) is 5.43 Å². The fraction of sp³-hybridized carbons (Fsp3) is 0.167. The van der Waals surface area contributed by atoms with Crippen molar-refractivity contribution in [3.63, 3.8) is 0 Å². The van der Waals surface area contributed by atoms with Crippen molar-refractivity contribution in [1.29, 1.82) is 0 Å². The summed E-state index contributed by atoms with van der Waals surface area (Å²) in [6, 6.07) is 8.04. The third-order valence-electron chi connectivity index (χ3n) is 2.57. The third-order valence-corrected chi connectivity index (χ3v) is 5.22. The summed E-state index contributed by atoms with van der Waals surface area (Å²) >= 11 is 14.7. The van der Waals surface area contributed by atoms with Crippen LogP contribution >= 0.6 is 54.8 Å². The van der Waals surface area contributed by atoms with Gasteiger partial charge in [0.05, 0.1) is 6.04 Å². The Bertz CT molecular complexity index is 545. The molecular weight excluding hydrogens is 399 g/mol. The van der Waals surface area contributed by atoms with Crippen LogP contribution < -0.4 is 11.3 Å². The quantitative estimate of drug-likeness (QED) is 0.568. The molecule has 1 atom stereocenters. The van der Waals surface area contributed by atoms with Gasteiger partial charge in [-0.15, -0.1) is 11.3 Å². The highest BCUT2D eigenvalue weighted by atomic mass is 79.9. The molecule has 2 aromatic rings. The predicted octanol–water partition coefficient (Wildman–Crippen LogP) is 4.67. The lowest BCUT2D eigenvalue weighted by molar-refractivity contribution is 0.560. The van der Waals surface area contributed by atoms with Crippen LogP contribution in [0.2, 0.25) is 5.02 Å². The summed E-state index contributed by atoms with van der Waals surface area (Å²) in [5, 5.41) is 2.79. The molecule has 6 heteroatoms. The van der Waals surface area contributed by atoms with E-state index >= 15 is 0 Å². The Hall–Kier alpha value is 0.0900. The van der Waals surface area contributed by atoms with E-state index in [4.69, 9.17) is 17.4 Å². The van der Waals surface area contributed by atoms with Crippen molar-refractivity contribution in [3.05, 3.63) is 54.1 Å². The van der Waals surface area contributed by atoms with E-state index in [0.717, 1.165) is 26.0 Å². The van der Waals surface area contributed by atoms with Crippen molar-refractivity contribution in [3.8, 4) is 0 Å². The molecule has 1 aromatic heterocycles. The highest BCUT2D eigenvalue weighted by Gasteiger charge is 2.14. The van der Waals surface area contributed by atoms with Crippen LogP contribution in [0, 0.1) is 0 Å². The van der Waals surface area contributed by atoms with Gasteiger partial charge in [-0.25, -0.2) is 0 Å². The highest BCUT2D eigenvalue weighted by Crippen LogP contribution is 2.30. The van der Waals surface area contributed by atoms with E-state index in [1.165, 1.54) is 4.88 Å². The number of thiophene rings is 1. The van der Waals surface area contributed by atoms with E-state index in [1.54, 1.807) is 11.3 Å². The van der Waals surface area contributed by atoms with Gasteiger partial charge in [0.2, 0.25) is 0 Å². The molecule has 0 amide bonds. The molecule has 2 rings (SSSR count). The monoisotopic (exact) mass is 408 g/mol. The van der Waals surface area contributed by atoms with Crippen LogP contribution in [0.3, 0.4) is 0 Å². The minimum Gasteiger partial charge on any atom is -0.271 e. The number of rotatable bonds is 4. The summed E-state index contributed by atoms with van der Waals surface area (Å²) < 4.78 is 2.05. The zero-order valence-electron chi connectivity index (χ0n) is 9.29. The zero-order valence-corrected chi connectivity index (χ0v) is 14.0. The number of hydrogen-bond donors (Lipinski definition) is 2. The molecule has 0 saturated heterocycles. The number of nitrogens with one attached hydrogen (secondary N) is 1. The van der Waals surface area contributed by atoms with Gasteiger partial charge in [0.25, 0.3) is 0 Å². The largest absolute Gasteiger partial charge is 0.271 e. The highest BCUT2D eigenvalue weighted by molar-refractivity contribution is 9.10. The Kier molecular flexibility index (Phi) is 5.24. The van der Waals surface area contributed by atoms with Gasteiger partial charge in [0.15, 0.2) is 0 Å². The maximum absolute atomic E-state index is 6.22. The van der Waals surface area contributed by atoms with Gasteiger partial charge in [0, 0.05) is 24.2 Å². The van der Waals surface area contributed by atoms with Gasteiger partial charge in [-0.3, -0.25) is 11.3 Å². The van der Waals surface area contributed by atoms with Crippen LogP contribution in [0.5, 0.6) is 0 Å². The molecule has 96 valence electrons. The van der Waals surface area contributed by atoms with E-state index in [2.05, 4.69) is 43.4 Å². The first-order chi connectivity index (χ1) is 8.60. The number of hydrogen-bond acceptors (Lipinski definition) is 3. The summed E-state index contributed by atoms with van der Waals surface area (Å²) in [6.45, 7) is 0. The molecule has 2 nitrogen and oxygen atoms in total. The SMILES string of the molecule is NNC(Cc1ccc(Br)cc1Cl)c1cc(Br)cs1. The van der Waals surface area contributed by atoms with Gasteiger partial charge in [-0.1, -0.05) is 33.6 Å². The van der Waals surface area contributed by atoms with Gasteiger partial charge < -0.3 is 0 Å². The molecule has 0 fully saturated rings. The zero-order chi connectivity index (χ0) is 13.1. The normalized spacial score (nSPS) is 12.7. The fourth-order valence-corrected chi connectivity index (χ4v) is 3.92. The number of hydrazine groups is 1. The molecule has 3 N–H and O–H groups in total. The molecule has 0 saturated carbocycles. The van der Waals surface area contributed by atoms with Gasteiger partial charge in [0.1, 0.15) is 0 Å². The second kappa shape index (κ2) is 6.50. The summed E-state index contributed by atoms with van der Waals surface area (Å²) in [4.78, 5) is 1.18. The van der Waals surface area contributed by atoms with E-state index in [-0.39, 0.29) is 6.04 Å². The van der Waals surface area contributed by atoms with Gasteiger partial charge >= 0.3 is 0 Å². The van der Waals surface area contributed by atoms with Gasteiger partial charge in [-0.2, -0.15) is 0 Å². The molecule has 0 radical (unpaired) electrons. The van der Waals surface area contributed by atoms with Crippen molar-refractivity contribution in [2.75, 3.05) is 0 Å². The molecule has 0 bridgehead atoms. The third kappa shape index (κ3) is 3.56. The fourth-order valence-electron chi connectivity index (χ4n) is 1.66. The first kappa shape index (κ1) is 14.5. The minimum absolute atomic E-state index is 0.0694. The Morgan fingerprint density at radius 1 is 1.28 bits per heavy atom. The molecule has 1 unspecified atom stereocenters. The number of nitrogens with two attached hydrogens (primary N) is 1. The molecule has 1 aromatic carbocycles. The molecular formula is C12H11Br2ClN2S. The van der Waals surface area contributed by atoms with Crippen LogP contribution in [0.25, 0.3) is 0 Å². The summed E-state index contributed by atoms with van der Waals surface area (Å²) in [7, 11) is 0. The van der Waals surface area contributed by atoms with Crippen LogP contribution in [-0.2, 0) is 6.42 Å². The lowest BCUT2D eigenvalue weighted by Gasteiger charge is -2.15. The summed E-state index contributed by atoms with van der Waals surface area (Å²) in [5.41, 5.74) is 3.92. The van der Waals surface area contributed by atoms with Crippen molar-refractivity contribution >= 4 is 54.8 Å². The predicted molar refractivity (Wildman–Crippen MR) is 84.9 cm³/mol. The van der Waals surface area contributed by atoms with Crippen LogP contribution in [0.1, 0.15) is 16.5 Å². The van der Waals surface area contributed by atoms with Crippen molar-refractivity contribution in [2.45, 2.75) is 12.5 Å². The average molecular weight is 411 g/mol. The maximum Gasteiger partial charge on any atom is 0.0594 e. The molecule has 0 aliphatic heterocycles. The van der Waals surface area contributed by atoms with E-state index in [0.29, 0.717) is 0 Å². The smallest absolute Gasteiger partial charge is 0.0594 e. The summed E-state index contributed by atoms with van der Waals surface area (Å²) in [6.07, 6.45) is 0.759. The van der Waals surface area contributed by atoms with Crippen molar-refractivity contribution in [2.24, 2.45) is 5.84 Å². The molecule has 1 heterocycles. The lowest BCUT2D eigenvalue weighted by Crippen LogP contribution is -2.29. The van der Waals surface area contributed by atoms with Crippen molar-refractivity contribution < 1.29 is 0 Å². The van der Waals surface area contributed by atoms with E-state index < -0.39 is 0 Å². The van der Waals surface area contributed by atoms with E-state index in [9.17, 15) is 0 Å². The van der Waals surface area contributed by atoms with E-state index in [1.807, 2.05) is 23.6 Å². The number of benzene rings is 1. The molecule has 0 aliphatic rings. The standard InChI is InChI=1S/C12H11Br2ClN2S/c13-8-2-1-7(10(15)4-8)3-11(17-16)12-5-9(14)6-18-12/h1-2,4-6,11,17H,3,16H2. The molecule has 18 heavy (non-hydrogen) atoms. The second-order valence-electron chi connectivity index (χ2n) is 3.83. The first-order valence-corrected chi connectivity index (χ1v) is 8.08. The molecule has 0 aliphatic carbocycles. The first-order valence-electron chi connectivity index (χ1n) is 5.24. The van der Waals surface area contributed by atoms with Crippen LogP contribution in [0.4, 0.5) is 0 Å². The topological polar surface area (TPSA) is 38.0 Å². The summed E-state index contributed by atoms with van der Waals surface area (Å²) in [5.74, 6) is 5.63.